The van der Waals surface area contributed by atoms with Gasteiger partial charge in [0.05, 0.1) is 6.10 Å². The first-order chi connectivity index (χ1) is 4.77. The van der Waals surface area contributed by atoms with E-state index in [1.165, 1.54) is 5.54 Å². The molecule has 0 fully saturated rings. The number of aliphatic hydroxyl groups excluding tert-OH is 1. The van der Waals surface area contributed by atoms with Crippen molar-refractivity contribution in [3.63, 3.8) is 0 Å². The van der Waals surface area contributed by atoms with E-state index in [0.717, 1.165) is 0 Å². The van der Waals surface area contributed by atoms with Crippen molar-refractivity contribution in [3.05, 3.63) is 35.9 Å². The molecule has 2 heteroatoms. The number of hydrogen-bond donors (Lipinski definition) is 1. The highest BCUT2D eigenvalue weighted by atomic mass is 35.5. The van der Waals surface area contributed by atoms with Crippen LogP contribution in [0.1, 0.15) is 6.92 Å². The van der Waals surface area contributed by atoms with Crippen LogP contribution in [-0.2, 0) is 0 Å². The van der Waals surface area contributed by atoms with Crippen molar-refractivity contribution in [2.24, 2.45) is 0 Å². The Balaban J connectivity index is 3.51. The molecule has 0 aromatic rings. The van der Waals surface area contributed by atoms with E-state index in [9.17, 15) is 0 Å². The van der Waals surface area contributed by atoms with Crippen LogP contribution in [0, 0.1) is 0 Å². The molecule has 0 heterocycles. The third-order valence-electron chi connectivity index (χ3n) is 0.796. The van der Waals surface area contributed by atoms with Crippen molar-refractivity contribution < 1.29 is 5.11 Å². The zero-order valence-corrected chi connectivity index (χ0v) is 6.62. The molecule has 0 saturated heterocycles. The van der Waals surface area contributed by atoms with Crippen molar-refractivity contribution in [1.29, 1.82) is 0 Å². The Morgan fingerprint density at radius 2 is 1.80 bits per heavy atom. The van der Waals surface area contributed by atoms with Crippen LogP contribution in [0.2, 0.25) is 0 Å². The van der Waals surface area contributed by atoms with Gasteiger partial charge in [-0.2, -0.15) is 0 Å². The largest absolute Gasteiger partial charge is 0.389 e. The van der Waals surface area contributed by atoms with Crippen LogP contribution in [0.15, 0.2) is 35.9 Å². The van der Waals surface area contributed by atoms with Crippen LogP contribution in [0.25, 0.3) is 0 Å². The number of halogens is 1. The Morgan fingerprint density at radius 1 is 1.20 bits per heavy atom. The summed E-state index contributed by atoms with van der Waals surface area (Å²) in [6, 6.07) is 0. The van der Waals surface area contributed by atoms with E-state index in [0.29, 0.717) is 0 Å². The standard InChI is InChI=1S/C8H11ClO/c1-8(10)6-4-2-3-5-7-9/h2-8,10H,1H3/b3-2+,6-4+,7-5+. The lowest BCUT2D eigenvalue weighted by Gasteiger charge is -1.88. The fraction of sp³-hybridized carbons (Fsp3) is 0.250. The van der Waals surface area contributed by atoms with Crippen molar-refractivity contribution in [1.82, 2.24) is 0 Å². The van der Waals surface area contributed by atoms with Crippen LogP contribution >= 0.6 is 11.6 Å². The fourth-order valence-corrected chi connectivity index (χ4v) is 0.479. The molecule has 0 saturated carbocycles. The van der Waals surface area contributed by atoms with Gasteiger partial charge in [0.25, 0.3) is 0 Å². The lowest BCUT2D eigenvalue weighted by molar-refractivity contribution is 0.244. The van der Waals surface area contributed by atoms with Gasteiger partial charge in [-0.15, -0.1) is 0 Å². The van der Waals surface area contributed by atoms with Gasteiger partial charge in [-0.05, 0) is 6.92 Å². The Kier molecular flexibility index (Phi) is 6.24. The average Bonchev–Trinajstić information content (AvgIpc) is 1.87. The Bertz CT molecular complexity index is 145. The highest BCUT2D eigenvalue weighted by Crippen LogP contribution is 1.85. The van der Waals surface area contributed by atoms with Crippen LogP contribution in [-0.4, -0.2) is 11.2 Å². The van der Waals surface area contributed by atoms with Crippen LogP contribution < -0.4 is 0 Å². The zero-order chi connectivity index (χ0) is 7.82. The van der Waals surface area contributed by atoms with E-state index in [1.54, 1.807) is 37.3 Å². The summed E-state index contributed by atoms with van der Waals surface area (Å²) in [6.07, 6.45) is 8.34. The molecule has 0 spiro atoms. The first kappa shape index (κ1) is 9.47. The summed E-state index contributed by atoms with van der Waals surface area (Å²) >= 11 is 5.24. The normalized spacial score (nSPS) is 15.9. The van der Waals surface area contributed by atoms with Crippen LogP contribution in [0.3, 0.4) is 0 Å². The van der Waals surface area contributed by atoms with E-state index in [4.69, 9.17) is 16.7 Å². The Hall–Kier alpha value is -0.530. The van der Waals surface area contributed by atoms with Crippen LogP contribution in [0.4, 0.5) is 0 Å². The van der Waals surface area contributed by atoms with Crippen LogP contribution in [0.5, 0.6) is 0 Å². The topological polar surface area (TPSA) is 20.2 Å². The number of hydrogen-bond acceptors (Lipinski definition) is 1. The van der Waals surface area contributed by atoms with Gasteiger partial charge in [0.2, 0.25) is 0 Å². The van der Waals surface area contributed by atoms with Crippen molar-refractivity contribution in [2.45, 2.75) is 13.0 Å². The maximum atomic E-state index is 8.74. The second kappa shape index (κ2) is 6.59. The number of allylic oxidation sites excluding steroid dienone is 4. The third-order valence-corrected chi connectivity index (χ3v) is 0.941. The van der Waals surface area contributed by atoms with E-state index < -0.39 is 0 Å². The molecule has 10 heavy (non-hydrogen) atoms. The first-order valence-electron chi connectivity index (χ1n) is 3.05. The predicted octanol–water partition coefficient (Wildman–Crippen LogP) is 2.23. The minimum absolute atomic E-state index is 0.385. The first-order valence-corrected chi connectivity index (χ1v) is 3.49. The van der Waals surface area contributed by atoms with Gasteiger partial charge in [0.15, 0.2) is 0 Å². The molecule has 0 amide bonds. The van der Waals surface area contributed by atoms with Gasteiger partial charge >= 0.3 is 0 Å². The highest BCUT2D eigenvalue weighted by molar-refractivity contribution is 6.25. The second-order valence-electron chi connectivity index (χ2n) is 1.83. The summed E-state index contributed by atoms with van der Waals surface area (Å²) in [5, 5.41) is 8.74. The van der Waals surface area contributed by atoms with Gasteiger partial charge in [0.1, 0.15) is 0 Å². The fourth-order valence-electron chi connectivity index (χ4n) is 0.395. The molecule has 56 valence electrons. The zero-order valence-electron chi connectivity index (χ0n) is 5.87. The van der Waals surface area contributed by atoms with Crippen molar-refractivity contribution in [2.75, 3.05) is 0 Å². The Morgan fingerprint density at radius 3 is 2.30 bits per heavy atom. The van der Waals surface area contributed by atoms with E-state index >= 15 is 0 Å². The average molecular weight is 159 g/mol. The SMILES string of the molecule is CC(O)/C=C/C=C/C=C/Cl. The number of aliphatic hydroxyl groups is 1. The minimum Gasteiger partial charge on any atom is -0.389 e. The molecule has 1 nitrogen and oxygen atoms in total. The molecule has 0 rings (SSSR count). The van der Waals surface area contributed by atoms with Gasteiger partial charge in [0, 0.05) is 5.54 Å². The van der Waals surface area contributed by atoms with Gasteiger partial charge in [-0.3, -0.25) is 0 Å². The smallest absolute Gasteiger partial charge is 0.0695 e. The van der Waals surface area contributed by atoms with Gasteiger partial charge in [-0.25, -0.2) is 0 Å². The molecule has 0 aromatic carbocycles. The molecule has 1 N–H and O–H groups in total. The molecule has 0 bridgehead atoms. The summed E-state index contributed by atoms with van der Waals surface area (Å²) in [5.41, 5.74) is 1.42. The molecular formula is C8H11ClO. The lowest BCUT2D eigenvalue weighted by atomic mass is 10.3. The number of rotatable bonds is 3. The van der Waals surface area contributed by atoms with Crippen molar-refractivity contribution in [3.8, 4) is 0 Å². The molecule has 1 atom stereocenters. The third kappa shape index (κ3) is 7.47. The molecular weight excluding hydrogens is 148 g/mol. The second-order valence-corrected chi connectivity index (χ2v) is 2.08. The minimum atomic E-state index is -0.385. The quantitative estimate of drug-likeness (QED) is 0.625. The maximum Gasteiger partial charge on any atom is 0.0695 e. The summed E-state index contributed by atoms with van der Waals surface area (Å²) in [5.74, 6) is 0. The van der Waals surface area contributed by atoms with E-state index in [1.807, 2.05) is 0 Å². The molecule has 0 aliphatic heterocycles. The lowest BCUT2D eigenvalue weighted by Crippen LogP contribution is -1.90. The maximum absolute atomic E-state index is 8.74. The predicted molar refractivity (Wildman–Crippen MR) is 45.0 cm³/mol. The van der Waals surface area contributed by atoms with E-state index in [-0.39, 0.29) is 6.10 Å². The van der Waals surface area contributed by atoms with Gasteiger partial charge < -0.3 is 5.11 Å². The monoisotopic (exact) mass is 158 g/mol. The Labute approximate surface area is 66.3 Å². The molecule has 1 unspecified atom stereocenters. The summed E-state index contributed by atoms with van der Waals surface area (Å²) < 4.78 is 0. The molecule has 0 aliphatic carbocycles. The highest BCUT2D eigenvalue weighted by Gasteiger charge is 1.79. The van der Waals surface area contributed by atoms with E-state index in [2.05, 4.69) is 0 Å². The summed E-state index contributed by atoms with van der Waals surface area (Å²) in [4.78, 5) is 0. The molecule has 0 aliphatic rings. The summed E-state index contributed by atoms with van der Waals surface area (Å²) in [7, 11) is 0. The molecule has 0 radical (unpaired) electrons. The van der Waals surface area contributed by atoms with Crippen molar-refractivity contribution >= 4 is 11.6 Å². The van der Waals surface area contributed by atoms with Gasteiger partial charge in [-0.1, -0.05) is 42.0 Å². The molecule has 0 aromatic heterocycles. The summed E-state index contributed by atoms with van der Waals surface area (Å²) in [6.45, 7) is 1.70.